The summed E-state index contributed by atoms with van der Waals surface area (Å²) in [4.78, 5) is 10.6. The molecule has 0 saturated carbocycles. The molecule has 80 valence electrons. The van der Waals surface area contributed by atoms with E-state index < -0.39 is 0 Å². The topological polar surface area (TPSA) is 17.1 Å². The molecule has 0 radical (unpaired) electrons. The first-order valence-electron chi connectivity index (χ1n) is 5.09. The molecule has 0 amide bonds. The fourth-order valence-corrected chi connectivity index (χ4v) is 1.83. The van der Waals surface area contributed by atoms with Gasteiger partial charge in [0, 0.05) is 11.4 Å². The second kappa shape index (κ2) is 4.95. The van der Waals surface area contributed by atoms with E-state index in [0.29, 0.717) is 6.42 Å². The lowest BCUT2D eigenvalue weighted by Crippen LogP contribution is -1.90. The standard InChI is InChI=1S/C14H11ClO/c15-13-7-5-12(6-8-13)14-4-2-1-3-11(14)9-10-16/h1-8,10H,9H2. The summed E-state index contributed by atoms with van der Waals surface area (Å²) < 4.78 is 0. The number of hydrogen-bond donors (Lipinski definition) is 0. The van der Waals surface area contributed by atoms with Crippen LogP contribution in [0.1, 0.15) is 5.56 Å². The number of carbonyl (C=O) groups excluding carboxylic acids is 1. The van der Waals surface area contributed by atoms with Crippen LogP contribution in [0.5, 0.6) is 0 Å². The molecule has 16 heavy (non-hydrogen) atoms. The van der Waals surface area contributed by atoms with E-state index in [2.05, 4.69) is 0 Å². The van der Waals surface area contributed by atoms with Gasteiger partial charge in [0.15, 0.2) is 0 Å². The van der Waals surface area contributed by atoms with E-state index in [4.69, 9.17) is 11.6 Å². The molecular weight excluding hydrogens is 220 g/mol. The van der Waals surface area contributed by atoms with Crippen LogP contribution in [0, 0.1) is 0 Å². The predicted octanol–water partition coefficient (Wildman–Crippen LogP) is 3.75. The van der Waals surface area contributed by atoms with Crippen molar-refractivity contribution in [2.45, 2.75) is 6.42 Å². The summed E-state index contributed by atoms with van der Waals surface area (Å²) in [5.41, 5.74) is 3.22. The van der Waals surface area contributed by atoms with E-state index in [1.807, 2.05) is 48.5 Å². The van der Waals surface area contributed by atoms with Crippen molar-refractivity contribution in [1.82, 2.24) is 0 Å². The summed E-state index contributed by atoms with van der Waals surface area (Å²) in [6.45, 7) is 0. The minimum Gasteiger partial charge on any atom is -0.303 e. The second-order valence-corrected chi connectivity index (χ2v) is 3.97. The molecule has 0 unspecified atom stereocenters. The molecule has 2 aromatic rings. The Kier molecular flexibility index (Phi) is 3.37. The van der Waals surface area contributed by atoms with Crippen molar-refractivity contribution in [2.75, 3.05) is 0 Å². The summed E-state index contributed by atoms with van der Waals surface area (Å²) in [6.07, 6.45) is 1.37. The van der Waals surface area contributed by atoms with Gasteiger partial charge in [0.2, 0.25) is 0 Å². The van der Waals surface area contributed by atoms with Crippen LogP contribution in [0.15, 0.2) is 48.5 Å². The van der Waals surface area contributed by atoms with Crippen molar-refractivity contribution in [3.05, 3.63) is 59.1 Å². The molecule has 0 saturated heterocycles. The van der Waals surface area contributed by atoms with Crippen molar-refractivity contribution >= 4 is 17.9 Å². The zero-order chi connectivity index (χ0) is 11.4. The molecule has 1 nitrogen and oxygen atoms in total. The first kappa shape index (κ1) is 10.9. The van der Waals surface area contributed by atoms with Crippen molar-refractivity contribution in [1.29, 1.82) is 0 Å². The molecule has 0 atom stereocenters. The maximum Gasteiger partial charge on any atom is 0.124 e. The van der Waals surface area contributed by atoms with Crippen LogP contribution < -0.4 is 0 Å². The van der Waals surface area contributed by atoms with E-state index in [9.17, 15) is 4.79 Å². The molecule has 0 aliphatic carbocycles. The lowest BCUT2D eigenvalue weighted by Gasteiger charge is -2.07. The van der Waals surface area contributed by atoms with Crippen LogP contribution in [-0.4, -0.2) is 6.29 Å². The van der Waals surface area contributed by atoms with E-state index >= 15 is 0 Å². The number of rotatable bonds is 3. The van der Waals surface area contributed by atoms with Crippen LogP contribution in [0.2, 0.25) is 5.02 Å². The molecule has 2 rings (SSSR count). The highest BCUT2D eigenvalue weighted by atomic mass is 35.5. The average Bonchev–Trinajstić information content (AvgIpc) is 2.32. The average molecular weight is 231 g/mol. The normalized spacial score (nSPS) is 10.1. The molecule has 0 aliphatic rings. The summed E-state index contributed by atoms with van der Waals surface area (Å²) >= 11 is 5.84. The van der Waals surface area contributed by atoms with Crippen LogP contribution in [0.4, 0.5) is 0 Å². The zero-order valence-electron chi connectivity index (χ0n) is 8.69. The van der Waals surface area contributed by atoms with Gasteiger partial charge in [0.05, 0.1) is 0 Å². The third-order valence-electron chi connectivity index (χ3n) is 2.48. The van der Waals surface area contributed by atoms with Gasteiger partial charge in [-0.25, -0.2) is 0 Å². The van der Waals surface area contributed by atoms with Crippen LogP contribution in [0.3, 0.4) is 0 Å². The Balaban J connectivity index is 2.46. The number of halogens is 1. The second-order valence-electron chi connectivity index (χ2n) is 3.53. The highest BCUT2D eigenvalue weighted by molar-refractivity contribution is 6.30. The fourth-order valence-electron chi connectivity index (χ4n) is 1.70. The highest BCUT2D eigenvalue weighted by Gasteiger charge is 2.03. The number of carbonyl (C=O) groups is 1. The van der Waals surface area contributed by atoms with Gasteiger partial charge in [0.25, 0.3) is 0 Å². The highest BCUT2D eigenvalue weighted by Crippen LogP contribution is 2.25. The molecule has 0 heterocycles. The summed E-state index contributed by atoms with van der Waals surface area (Å²) in [7, 11) is 0. The van der Waals surface area contributed by atoms with E-state index in [-0.39, 0.29) is 0 Å². The lowest BCUT2D eigenvalue weighted by molar-refractivity contribution is -0.107. The quantitative estimate of drug-likeness (QED) is 0.734. The van der Waals surface area contributed by atoms with E-state index in [0.717, 1.165) is 28.0 Å². The van der Waals surface area contributed by atoms with Crippen molar-refractivity contribution in [3.8, 4) is 11.1 Å². The maximum atomic E-state index is 10.6. The number of aldehydes is 1. The van der Waals surface area contributed by atoms with Gasteiger partial charge in [-0.15, -0.1) is 0 Å². The molecule has 2 heteroatoms. The van der Waals surface area contributed by atoms with Gasteiger partial charge in [0.1, 0.15) is 6.29 Å². The Labute approximate surface area is 99.7 Å². The molecule has 0 bridgehead atoms. The minimum atomic E-state index is 0.443. The Morgan fingerprint density at radius 2 is 1.69 bits per heavy atom. The first-order valence-corrected chi connectivity index (χ1v) is 5.46. The van der Waals surface area contributed by atoms with E-state index in [1.54, 1.807) is 0 Å². The van der Waals surface area contributed by atoms with Crippen molar-refractivity contribution in [3.63, 3.8) is 0 Å². The summed E-state index contributed by atoms with van der Waals surface area (Å²) in [5, 5.41) is 0.719. The smallest absolute Gasteiger partial charge is 0.124 e. The lowest BCUT2D eigenvalue weighted by atomic mass is 9.98. The number of benzene rings is 2. The zero-order valence-corrected chi connectivity index (χ0v) is 9.45. The number of hydrogen-bond acceptors (Lipinski definition) is 1. The fraction of sp³-hybridized carbons (Fsp3) is 0.0714. The van der Waals surface area contributed by atoms with Gasteiger partial charge in [-0.1, -0.05) is 48.0 Å². The molecule has 2 aromatic carbocycles. The Bertz CT molecular complexity index is 488. The van der Waals surface area contributed by atoms with Crippen LogP contribution in [-0.2, 0) is 11.2 Å². The molecule has 0 aromatic heterocycles. The largest absolute Gasteiger partial charge is 0.303 e. The van der Waals surface area contributed by atoms with Gasteiger partial charge in [-0.2, -0.15) is 0 Å². The predicted molar refractivity (Wildman–Crippen MR) is 66.7 cm³/mol. The Hall–Kier alpha value is -1.60. The van der Waals surface area contributed by atoms with Gasteiger partial charge >= 0.3 is 0 Å². The van der Waals surface area contributed by atoms with Crippen molar-refractivity contribution in [2.24, 2.45) is 0 Å². The molecular formula is C14H11ClO. The Morgan fingerprint density at radius 3 is 2.38 bits per heavy atom. The van der Waals surface area contributed by atoms with Gasteiger partial charge < -0.3 is 4.79 Å². The Morgan fingerprint density at radius 1 is 1.00 bits per heavy atom. The van der Waals surface area contributed by atoms with Crippen molar-refractivity contribution < 1.29 is 4.79 Å². The SMILES string of the molecule is O=CCc1ccccc1-c1ccc(Cl)cc1. The minimum absolute atomic E-state index is 0.443. The summed E-state index contributed by atoms with van der Waals surface area (Å²) in [6, 6.07) is 15.5. The van der Waals surface area contributed by atoms with Crippen LogP contribution >= 0.6 is 11.6 Å². The molecule has 0 aliphatic heterocycles. The third-order valence-corrected chi connectivity index (χ3v) is 2.73. The van der Waals surface area contributed by atoms with Gasteiger partial charge in [-0.05, 0) is 28.8 Å². The molecule has 0 N–H and O–H groups in total. The van der Waals surface area contributed by atoms with E-state index in [1.165, 1.54) is 0 Å². The molecule has 0 spiro atoms. The first-order chi connectivity index (χ1) is 7.81. The monoisotopic (exact) mass is 230 g/mol. The summed E-state index contributed by atoms with van der Waals surface area (Å²) in [5.74, 6) is 0. The third kappa shape index (κ3) is 2.31. The van der Waals surface area contributed by atoms with Crippen LogP contribution in [0.25, 0.3) is 11.1 Å². The maximum absolute atomic E-state index is 10.6. The molecule has 0 fully saturated rings. The van der Waals surface area contributed by atoms with Gasteiger partial charge in [-0.3, -0.25) is 0 Å².